The molecule has 136 valence electrons. The normalized spacial score (nSPS) is 13.7. The number of benzene rings is 2. The first kappa shape index (κ1) is 18.3. The van der Waals surface area contributed by atoms with Crippen molar-refractivity contribution in [1.82, 2.24) is 0 Å². The largest absolute Gasteiger partial charge is 0.478 e. The van der Waals surface area contributed by atoms with Crippen molar-refractivity contribution in [3.63, 3.8) is 0 Å². The molecular formula is C17H16N2O5S2. The van der Waals surface area contributed by atoms with Crippen molar-refractivity contribution in [2.45, 2.75) is 22.6 Å². The molecule has 1 aliphatic rings. The second-order valence-electron chi connectivity index (χ2n) is 5.69. The van der Waals surface area contributed by atoms with E-state index in [2.05, 4.69) is 10.0 Å². The molecule has 0 aliphatic carbocycles. The van der Waals surface area contributed by atoms with Gasteiger partial charge in [-0.05, 0) is 54.6 Å². The molecule has 0 aromatic heterocycles. The van der Waals surface area contributed by atoms with Crippen LogP contribution in [0.2, 0.25) is 0 Å². The molecule has 1 heterocycles. The van der Waals surface area contributed by atoms with Gasteiger partial charge in [0.05, 0.1) is 16.1 Å². The number of hydrogen-bond acceptors (Lipinski definition) is 5. The molecule has 0 saturated heterocycles. The molecule has 1 aliphatic heterocycles. The van der Waals surface area contributed by atoms with Gasteiger partial charge in [-0.1, -0.05) is 0 Å². The van der Waals surface area contributed by atoms with E-state index in [9.17, 15) is 18.0 Å². The van der Waals surface area contributed by atoms with E-state index < -0.39 is 16.0 Å². The summed E-state index contributed by atoms with van der Waals surface area (Å²) in [4.78, 5) is 23.1. The first-order chi connectivity index (χ1) is 12.3. The lowest BCUT2D eigenvalue weighted by Gasteiger charge is -2.18. The summed E-state index contributed by atoms with van der Waals surface area (Å²) in [5.41, 5.74) is 1.78. The molecule has 0 unspecified atom stereocenters. The average Bonchev–Trinajstić information content (AvgIpc) is 2.61. The zero-order valence-electron chi connectivity index (χ0n) is 13.8. The molecule has 1 amide bonds. The highest BCUT2D eigenvalue weighted by atomic mass is 32.2. The molecule has 0 atom stereocenters. The Morgan fingerprint density at radius 2 is 1.96 bits per heavy atom. The summed E-state index contributed by atoms with van der Waals surface area (Å²) in [7, 11) is -3.85. The Labute approximate surface area is 154 Å². The predicted molar refractivity (Wildman–Crippen MR) is 99.4 cm³/mol. The highest BCUT2D eigenvalue weighted by molar-refractivity contribution is 7.99. The van der Waals surface area contributed by atoms with Crippen LogP contribution in [-0.2, 0) is 21.2 Å². The number of carbonyl (C=O) groups excluding carboxylic acids is 1. The number of aryl methyl sites for hydroxylation is 1. The van der Waals surface area contributed by atoms with Crippen LogP contribution >= 0.6 is 11.8 Å². The molecule has 7 nitrogen and oxygen atoms in total. The summed E-state index contributed by atoms with van der Waals surface area (Å²) in [6.07, 6.45) is 2.53. The van der Waals surface area contributed by atoms with Crippen LogP contribution in [-0.4, -0.2) is 31.7 Å². The van der Waals surface area contributed by atoms with Crippen LogP contribution in [0.15, 0.2) is 46.2 Å². The van der Waals surface area contributed by atoms with Crippen LogP contribution in [0.4, 0.5) is 11.4 Å². The lowest BCUT2D eigenvalue weighted by Crippen LogP contribution is -2.20. The van der Waals surface area contributed by atoms with E-state index in [1.165, 1.54) is 36.0 Å². The summed E-state index contributed by atoms with van der Waals surface area (Å²) < 4.78 is 27.9. The summed E-state index contributed by atoms with van der Waals surface area (Å²) in [5, 5.41) is 11.8. The van der Waals surface area contributed by atoms with Crippen LogP contribution in [0.1, 0.15) is 22.3 Å². The Kier molecular flexibility index (Phi) is 4.92. The zero-order valence-corrected chi connectivity index (χ0v) is 15.4. The number of carboxylic acids is 1. The highest BCUT2D eigenvalue weighted by Crippen LogP contribution is 2.30. The second-order valence-corrected chi connectivity index (χ2v) is 8.22. The van der Waals surface area contributed by atoms with Gasteiger partial charge in [0, 0.05) is 17.0 Å². The van der Waals surface area contributed by atoms with Gasteiger partial charge in [-0.3, -0.25) is 9.52 Å². The fraction of sp³-hybridized carbons (Fsp3) is 0.176. The van der Waals surface area contributed by atoms with Gasteiger partial charge in [0.15, 0.2) is 0 Å². The molecule has 9 heteroatoms. The van der Waals surface area contributed by atoms with Gasteiger partial charge in [-0.25, -0.2) is 13.2 Å². The van der Waals surface area contributed by atoms with E-state index in [0.29, 0.717) is 29.1 Å². The smallest absolute Gasteiger partial charge is 0.335 e. The van der Waals surface area contributed by atoms with Gasteiger partial charge in [-0.2, -0.15) is 0 Å². The second kappa shape index (κ2) is 7.00. The molecule has 3 N–H and O–H groups in total. The third-order valence-corrected chi connectivity index (χ3v) is 6.12. The minimum absolute atomic E-state index is 0.0850. The number of thioether (sulfide) groups is 1. The number of sulfonamides is 1. The lowest BCUT2D eigenvalue weighted by molar-refractivity contribution is -0.116. The van der Waals surface area contributed by atoms with Gasteiger partial charge < -0.3 is 10.4 Å². The van der Waals surface area contributed by atoms with Gasteiger partial charge in [0.1, 0.15) is 0 Å². The maximum Gasteiger partial charge on any atom is 0.335 e. The van der Waals surface area contributed by atoms with E-state index in [0.717, 1.165) is 5.56 Å². The van der Waals surface area contributed by atoms with Gasteiger partial charge in [0.25, 0.3) is 10.0 Å². The van der Waals surface area contributed by atoms with Crippen LogP contribution < -0.4 is 10.0 Å². The predicted octanol–water partition coefficient (Wildman–Crippen LogP) is 2.79. The van der Waals surface area contributed by atoms with Crippen molar-refractivity contribution >= 4 is 45.0 Å². The monoisotopic (exact) mass is 392 g/mol. The highest BCUT2D eigenvalue weighted by Gasteiger charge is 2.21. The summed E-state index contributed by atoms with van der Waals surface area (Å²) in [6.45, 7) is 0. The van der Waals surface area contributed by atoms with Crippen molar-refractivity contribution in [2.75, 3.05) is 16.3 Å². The van der Waals surface area contributed by atoms with Gasteiger partial charge >= 0.3 is 5.97 Å². The maximum absolute atomic E-state index is 12.7. The molecule has 0 bridgehead atoms. The van der Waals surface area contributed by atoms with E-state index in [4.69, 9.17) is 5.11 Å². The van der Waals surface area contributed by atoms with Crippen molar-refractivity contribution < 1.29 is 23.1 Å². The molecule has 26 heavy (non-hydrogen) atoms. The van der Waals surface area contributed by atoms with Crippen LogP contribution in [0.25, 0.3) is 0 Å². The quantitative estimate of drug-likeness (QED) is 0.675. The standard InChI is InChI=1S/C17H16N2O5S2/c1-25-15-9-11(17(21)22)2-5-14(15)19-26(23,24)12-4-6-13-10(8-12)3-7-16(20)18-13/h2,4-6,8-9,19H,3,7H2,1H3,(H,18,20)(H,21,22). The lowest BCUT2D eigenvalue weighted by atomic mass is 10.0. The van der Waals surface area contributed by atoms with E-state index in [1.807, 2.05) is 0 Å². The number of aromatic carboxylic acids is 1. The Morgan fingerprint density at radius 1 is 1.19 bits per heavy atom. The van der Waals surface area contributed by atoms with Crippen molar-refractivity contribution in [1.29, 1.82) is 0 Å². The first-order valence-corrected chi connectivity index (χ1v) is 10.4. The number of hydrogen-bond donors (Lipinski definition) is 3. The number of fused-ring (bicyclic) bond motifs is 1. The molecule has 0 spiro atoms. The third kappa shape index (κ3) is 3.68. The fourth-order valence-corrected chi connectivity index (χ4v) is 4.42. The average molecular weight is 392 g/mol. The Morgan fingerprint density at radius 3 is 2.65 bits per heavy atom. The summed E-state index contributed by atoms with van der Waals surface area (Å²) in [6, 6.07) is 8.75. The minimum Gasteiger partial charge on any atom is -0.478 e. The first-order valence-electron chi connectivity index (χ1n) is 7.67. The van der Waals surface area contributed by atoms with Crippen LogP contribution in [0.5, 0.6) is 0 Å². The molecule has 0 radical (unpaired) electrons. The maximum atomic E-state index is 12.7. The number of carbonyl (C=O) groups is 2. The third-order valence-electron chi connectivity index (χ3n) is 3.98. The molecule has 0 saturated carbocycles. The summed E-state index contributed by atoms with van der Waals surface area (Å²) in [5.74, 6) is -1.17. The van der Waals surface area contributed by atoms with Gasteiger partial charge in [-0.15, -0.1) is 11.8 Å². The topological polar surface area (TPSA) is 113 Å². The van der Waals surface area contributed by atoms with Crippen LogP contribution in [0, 0.1) is 0 Å². The van der Waals surface area contributed by atoms with E-state index in [-0.39, 0.29) is 16.4 Å². The minimum atomic E-state index is -3.85. The molecule has 3 rings (SSSR count). The van der Waals surface area contributed by atoms with E-state index in [1.54, 1.807) is 18.4 Å². The molecular weight excluding hydrogens is 376 g/mol. The molecule has 2 aromatic rings. The molecule has 2 aromatic carbocycles. The Hall–Kier alpha value is -2.52. The Balaban J connectivity index is 1.92. The van der Waals surface area contributed by atoms with Crippen molar-refractivity contribution in [3.8, 4) is 0 Å². The molecule has 0 fully saturated rings. The van der Waals surface area contributed by atoms with E-state index >= 15 is 0 Å². The van der Waals surface area contributed by atoms with Gasteiger partial charge in [0.2, 0.25) is 5.91 Å². The van der Waals surface area contributed by atoms with Crippen molar-refractivity contribution in [3.05, 3.63) is 47.5 Å². The van der Waals surface area contributed by atoms with Crippen molar-refractivity contribution in [2.24, 2.45) is 0 Å². The zero-order chi connectivity index (χ0) is 18.9. The number of amides is 1. The summed E-state index contributed by atoms with van der Waals surface area (Å²) >= 11 is 1.25. The SMILES string of the molecule is CSc1cc(C(=O)O)ccc1NS(=O)(=O)c1ccc2c(c1)CCC(=O)N2. The number of anilines is 2. The van der Waals surface area contributed by atoms with Crippen LogP contribution in [0.3, 0.4) is 0 Å². The number of nitrogens with one attached hydrogen (secondary N) is 2. The number of carboxylic acid groups (broad SMARTS) is 1. The Bertz CT molecular complexity index is 1000. The fourth-order valence-electron chi connectivity index (χ4n) is 2.64. The number of rotatable bonds is 5.